The molecule has 0 aliphatic carbocycles. The van der Waals surface area contributed by atoms with Gasteiger partial charge in [-0.05, 0) is 18.9 Å². The molecule has 2 heteroatoms. The van der Waals surface area contributed by atoms with Gasteiger partial charge in [0.25, 0.3) is 0 Å². The fourth-order valence-electron chi connectivity index (χ4n) is 1.17. The van der Waals surface area contributed by atoms with Gasteiger partial charge in [-0.2, -0.15) is 0 Å². The molecule has 0 aliphatic rings. The van der Waals surface area contributed by atoms with Crippen LogP contribution in [0.3, 0.4) is 0 Å². The van der Waals surface area contributed by atoms with Crippen LogP contribution in [0.15, 0.2) is 24.3 Å². The molecule has 0 aromatic heterocycles. The number of rotatable bonds is 3. The molecule has 0 bridgehead atoms. The Morgan fingerprint density at radius 3 is 2.38 bits per heavy atom. The van der Waals surface area contributed by atoms with Crippen molar-refractivity contribution in [1.29, 1.82) is 0 Å². The zero-order valence-corrected chi connectivity index (χ0v) is 7.95. The fraction of sp³-hybridized carbons (Fsp3) is 0.364. The predicted molar refractivity (Wildman–Crippen MR) is 51.7 cm³/mol. The molecule has 1 rings (SSSR count). The van der Waals surface area contributed by atoms with Gasteiger partial charge in [0.2, 0.25) is 0 Å². The molecule has 1 unspecified atom stereocenters. The van der Waals surface area contributed by atoms with Gasteiger partial charge in [0.05, 0.1) is 5.92 Å². The topological polar surface area (TPSA) is 37.3 Å². The van der Waals surface area contributed by atoms with E-state index in [2.05, 4.69) is 0 Å². The lowest BCUT2D eigenvalue weighted by molar-refractivity contribution is -0.141. The van der Waals surface area contributed by atoms with Gasteiger partial charge < -0.3 is 5.11 Å². The third-order valence-corrected chi connectivity index (χ3v) is 2.08. The van der Waals surface area contributed by atoms with E-state index in [0.29, 0.717) is 6.42 Å². The van der Waals surface area contributed by atoms with Crippen molar-refractivity contribution in [2.75, 3.05) is 0 Å². The van der Waals surface area contributed by atoms with E-state index in [-0.39, 0.29) is 5.92 Å². The van der Waals surface area contributed by atoms with Crippen molar-refractivity contribution in [3.8, 4) is 0 Å². The predicted octanol–water partition coefficient (Wildman–Crippen LogP) is 2.26. The molecule has 70 valence electrons. The maximum absolute atomic E-state index is 10.6. The molecule has 1 aromatic rings. The van der Waals surface area contributed by atoms with Crippen molar-refractivity contribution in [2.24, 2.45) is 5.92 Å². The zero-order chi connectivity index (χ0) is 9.84. The van der Waals surface area contributed by atoms with E-state index in [0.717, 1.165) is 5.56 Å². The van der Waals surface area contributed by atoms with Crippen molar-refractivity contribution in [3.05, 3.63) is 35.4 Å². The summed E-state index contributed by atoms with van der Waals surface area (Å²) in [4.78, 5) is 10.6. The minimum Gasteiger partial charge on any atom is -0.481 e. The minimum atomic E-state index is -0.736. The third kappa shape index (κ3) is 2.90. The Bertz CT molecular complexity index is 287. The summed E-state index contributed by atoms with van der Waals surface area (Å²) in [5, 5.41) is 8.70. The highest BCUT2D eigenvalue weighted by Gasteiger charge is 2.10. The molecule has 2 nitrogen and oxygen atoms in total. The first kappa shape index (κ1) is 9.78. The molecular weight excluding hydrogens is 164 g/mol. The quantitative estimate of drug-likeness (QED) is 0.770. The maximum Gasteiger partial charge on any atom is 0.306 e. The second-order valence-corrected chi connectivity index (χ2v) is 3.43. The molecule has 0 amide bonds. The van der Waals surface area contributed by atoms with E-state index in [1.165, 1.54) is 5.56 Å². The number of carboxylic acids is 1. The number of hydrogen-bond acceptors (Lipinski definition) is 1. The molecule has 0 fully saturated rings. The molecule has 0 heterocycles. The standard InChI is InChI=1S/C11H14O2/c1-8-3-5-10(6-4-8)7-9(2)11(12)13/h3-6,9H,7H2,1-2H3,(H,12,13). The summed E-state index contributed by atoms with van der Waals surface area (Å²) in [7, 11) is 0. The van der Waals surface area contributed by atoms with Crippen molar-refractivity contribution in [3.63, 3.8) is 0 Å². The van der Waals surface area contributed by atoms with Gasteiger partial charge in [-0.1, -0.05) is 36.8 Å². The molecule has 13 heavy (non-hydrogen) atoms. The molecular formula is C11H14O2. The second kappa shape index (κ2) is 4.08. The maximum atomic E-state index is 10.6. The third-order valence-electron chi connectivity index (χ3n) is 2.08. The highest BCUT2D eigenvalue weighted by Crippen LogP contribution is 2.09. The first-order valence-corrected chi connectivity index (χ1v) is 4.38. The lowest BCUT2D eigenvalue weighted by Crippen LogP contribution is -2.12. The lowest BCUT2D eigenvalue weighted by Gasteiger charge is -2.05. The zero-order valence-electron chi connectivity index (χ0n) is 7.95. The molecule has 0 aliphatic heterocycles. The van der Waals surface area contributed by atoms with Gasteiger partial charge in [-0.3, -0.25) is 4.79 Å². The largest absolute Gasteiger partial charge is 0.481 e. The van der Waals surface area contributed by atoms with Gasteiger partial charge in [0.15, 0.2) is 0 Å². The monoisotopic (exact) mass is 178 g/mol. The summed E-state index contributed by atoms with van der Waals surface area (Å²) < 4.78 is 0. The SMILES string of the molecule is Cc1ccc(CC(C)C(=O)O)cc1. The summed E-state index contributed by atoms with van der Waals surface area (Å²) in [6.45, 7) is 3.74. The molecule has 0 spiro atoms. The number of hydrogen-bond donors (Lipinski definition) is 1. The second-order valence-electron chi connectivity index (χ2n) is 3.43. The van der Waals surface area contributed by atoms with Crippen LogP contribution in [0.2, 0.25) is 0 Å². The number of benzene rings is 1. The molecule has 0 radical (unpaired) electrons. The number of carbonyl (C=O) groups is 1. The number of aryl methyl sites for hydroxylation is 1. The summed E-state index contributed by atoms with van der Waals surface area (Å²) >= 11 is 0. The Morgan fingerprint density at radius 1 is 1.38 bits per heavy atom. The normalized spacial score (nSPS) is 12.5. The van der Waals surface area contributed by atoms with Gasteiger partial charge in [0.1, 0.15) is 0 Å². The molecule has 1 N–H and O–H groups in total. The van der Waals surface area contributed by atoms with Crippen molar-refractivity contribution in [1.82, 2.24) is 0 Å². The number of carboxylic acid groups (broad SMARTS) is 1. The van der Waals surface area contributed by atoms with Crippen LogP contribution in [-0.4, -0.2) is 11.1 Å². The minimum absolute atomic E-state index is 0.303. The van der Waals surface area contributed by atoms with Crippen LogP contribution < -0.4 is 0 Å². The van der Waals surface area contributed by atoms with Crippen LogP contribution in [0.1, 0.15) is 18.1 Å². The van der Waals surface area contributed by atoms with Gasteiger partial charge in [-0.25, -0.2) is 0 Å². The summed E-state index contributed by atoms with van der Waals surface area (Å²) in [6.07, 6.45) is 0.607. The van der Waals surface area contributed by atoms with Crippen molar-refractivity contribution in [2.45, 2.75) is 20.3 Å². The van der Waals surface area contributed by atoms with Crippen LogP contribution in [0.4, 0.5) is 0 Å². The van der Waals surface area contributed by atoms with E-state index >= 15 is 0 Å². The lowest BCUT2D eigenvalue weighted by atomic mass is 10.0. The summed E-state index contributed by atoms with van der Waals surface area (Å²) in [5.41, 5.74) is 2.28. The van der Waals surface area contributed by atoms with Crippen LogP contribution in [0, 0.1) is 12.8 Å². The molecule has 0 saturated carbocycles. The number of aliphatic carboxylic acids is 1. The Morgan fingerprint density at radius 2 is 1.92 bits per heavy atom. The highest BCUT2D eigenvalue weighted by atomic mass is 16.4. The average molecular weight is 178 g/mol. The highest BCUT2D eigenvalue weighted by molar-refractivity contribution is 5.69. The van der Waals surface area contributed by atoms with E-state index in [1.54, 1.807) is 6.92 Å². The first-order chi connectivity index (χ1) is 6.09. The molecule has 0 saturated heterocycles. The van der Waals surface area contributed by atoms with Crippen LogP contribution >= 0.6 is 0 Å². The van der Waals surface area contributed by atoms with E-state index in [4.69, 9.17) is 5.11 Å². The van der Waals surface area contributed by atoms with E-state index in [1.807, 2.05) is 31.2 Å². The van der Waals surface area contributed by atoms with Crippen LogP contribution in [0.5, 0.6) is 0 Å². The van der Waals surface area contributed by atoms with Crippen LogP contribution in [-0.2, 0) is 11.2 Å². The average Bonchev–Trinajstić information content (AvgIpc) is 2.08. The van der Waals surface area contributed by atoms with Gasteiger partial charge in [0, 0.05) is 0 Å². The van der Waals surface area contributed by atoms with Crippen LogP contribution in [0.25, 0.3) is 0 Å². The first-order valence-electron chi connectivity index (χ1n) is 4.38. The van der Waals surface area contributed by atoms with Crippen molar-refractivity contribution >= 4 is 5.97 Å². The Kier molecular flexibility index (Phi) is 3.07. The summed E-state index contributed by atoms with van der Waals surface area (Å²) in [5.74, 6) is -1.04. The Hall–Kier alpha value is -1.31. The summed E-state index contributed by atoms with van der Waals surface area (Å²) in [6, 6.07) is 7.97. The fourth-order valence-corrected chi connectivity index (χ4v) is 1.17. The van der Waals surface area contributed by atoms with Gasteiger partial charge in [-0.15, -0.1) is 0 Å². The van der Waals surface area contributed by atoms with Crippen molar-refractivity contribution < 1.29 is 9.90 Å². The smallest absolute Gasteiger partial charge is 0.306 e. The Labute approximate surface area is 78.2 Å². The van der Waals surface area contributed by atoms with Gasteiger partial charge >= 0.3 is 5.97 Å². The molecule has 1 aromatic carbocycles. The van der Waals surface area contributed by atoms with E-state index in [9.17, 15) is 4.79 Å². The Balaban J connectivity index is 2.64. The van der Waals surface area contributed by atoms with E-state index < -0.39 is 5.97 Å². The molecule has 1 atom stereocenters.